The van der Waals surface area contributed by atoms with Crippen LogP contribution in [0.1, 0.15) is 19.3 Å². The van der Waals surface area contributed by atoms with Crippen LogP contribution in [0, 0.1) is 0 Å². The maximum Gasteiger partial charge on any atom is 0.0233 e. The molecule has 13 heavy (non-hydrogen) atoms. The Morgan fingerprint density at radius 1 is 1.31 bits per heavy atom. The molecule has 0 radical (unpaired) electrons. The second-order valence-electron chi connectivity index (χ2n) is 3.97. The summed E-state index contributed by atoms with van der Waals surface area (Å²) in [5.74, 6) is 0. The van der Waals surface area contributed by atoms with Gasteiger partial charge in [0, 0.05) is 6.54 Å². The number of rotatable bonds is 2. The average molecular weight is 175 g/mol. The van der Waals surface area contributed by atoms with Gasteiger partial charge in [-0.05, 0) is 37.9 Å². The first-order valence-corrected chi connectivity index (χ1v) is 5.12. The van der Waals surface area contributed by atoms with Crippen molar-refractivity contribution in [3.05, 3.63) is 36.0 Å². The van der Waals surface area contributed by atoms with Crippen LogP contribution in [0.4, 0.5) is 0 Å². The highest BCUT2D eigenvalue weighted by Gasteiger charge is 2.12. The molecule has 0 aromatic carbocycles. The molecule has 1 heteroatoms. The van der Waals surface area contributed by atoms with Crippen molar-refractivity contribution >= 4 is 0 Å². The highest BCUT2D eigenvalue weighted by Crippen LogP contribution is 2.17. The topological polar surface area (TPSA) is 3.24 Å². The van der Waals surface area contributed by atoms with Gasteiger partial charge in [0.05, 0.1) is 0 Å². The molecule has 2 aliphatic rings. The van der Waals surface area contributed by atoms with E-state index in [1.165, 1.54) is 37.1 Å². The van der Waals surface area contributed by atoms with E-state index in [4.69, 9.17) is 0 Å². The van der Waals surface area contributed by atoms with Gasteiger partial charge in [0.1, 0.15) is 0 Å². The summed E-state index contributed by atoms with van der Waals surface area (Å²) in [6, 6.07) is 0. The largest absolute Gasteiger partial charge is 0.299 e. The molecule has 1 fully saturated rings. The van der Waals surface area contributed by atoms with Crippen LogP contribution in [0.5, 0.6) is 0 Å². The molecule has 1 aliphatic carbocycles. The molecule has 0 aromatic heterocycles. The minimum atomic E-state index is 1.03. The van der Waals surface area contributed by atoms with E-state index in [0.717, 1.165) is 13.0 Å². The normalized spacial score (nSPS) is 23.7. The predicted octanol–water partition coefficient (Wildman–Crippen LogP) is 2.52. The Hall–Kier alpha value is -0.820. The first kappa shape index (κ1) is 8.76. The minimum absolute atomic E-state index is 1.03. The van der Waals surface area contributed by atoms with Crippen molar-refractivity contribution in [1.29, 1.82) is 0 Å². The summed E-state index contributed by atoms with van der Waals surface area (Å²) in [5.41, 5.74) is 2.68. The van der Waals surface area contributed by atoms with Crippen molar-refractivity contribution < 1.29 is 0 Å². The van der Waals surface area contributed by atoms with Crippen LogP contribution in [0.15, 0.2) is 36.0 Å². The van der Waals surface area contributed by atoms with Gasteiger partial charge in [0.2, 0.25) is 0 Å². The summed E-state index contributed by atoms with van der Waals surface area (Å²) in [7, 11) is 0. The molecule has 1 aliphatic heterocycles. The molecule has 0 spiro atoms. The Labute approximate surface area is 80.4 Å². The molecule has 70 valence electrons. The monoisotopic (exact) mass is 175 g/mol. The number of hydrogen-bond donors (Lipinski definition) is 0. The van der Waals surface area contributed by atoms with E-state index in [-0.39, 0.29) is 0 Å². The average Bonchev–Trinajstić information content (AvgIpc) is 2.57. The maximum absolute atomic E-state index is 3.99. The Morgan fingerprint density at radius 2 is 2.08 bits per heavy atom. The van der Waals surface area contributed by atoms with Crippen molar-refractivity contribution in [1.82, 2.24) is 4.90 Å². The molecule has 2 rings (SSSR count). The second-order valence-corrected chi connectivity index (χ2v) is 3.97. The van der Waals surface area contributed by atoms with Crippen LogP contribution in [0.25, 0.3) is 0 Å². The van der Waals surface area contributed by atoms with Crippen molar-refractivity contribution in [3.8, 4) is 0 Å². The second kappa shape index (κ2) is 3.93. The van der Waals surface area contributed by atoms with Crippen molar-refractivity contribution in [3.63, 3.8) is 0 Å². The molecule has 0 aromatic rings. The van der Waals surface area contributed by atoms with E-state index >= 15 is 0 Å². The van der Waals surface area contributed by atoms with Gasteiger partial charge in [-0.3, -0.25) is 4.90 Å². The molecule has 1 saturated heterocycles. The number of allylic oxidation sites excluding steroid dienone is 3. The lowest BCUT2D eigenvalue weighted by atomic mass is 10.0. The van der Waals surface area contributed by atoms with Crippen LogP contribution in [-0.2, 0) is 0 Å². The van der Waals surface area contributed by atoms with Gasteiger partial charge in [0.15, 0.2) is 0 Å². The van der Waals surface area contributed by atoms with E-state index in [1.54, 1.807) is 0 Å². The predicted molar refractivity (Wildman–Crippen MR) is 56.7 cm³/mol. The van der Waals surface area contributed by atoms with Gasteiger partial charge in [-0.1, -0.05) is 30.4 Å². The first-order valence-electron chi connectivity index (χ1n) is 5.12. The number of likely N-dealkylation sites (tertiary alicyclic amines) is 1. The third-order valence-corrected chi connectivity index (χ3v) is 2.71. The molecule has 0 unspecified atom stereocenters. The lowest BCUT2D eigenvalue weighted by molar-refractivity contribution is 0.371. The zero-order valence-electron chi connectivity index (χ0n) is 8.13. The molecule has 1 nitrogen and oxygen atoms in total. The number of nitrogens with zero attached hydrogens (tertiary/aromatic N) is 1. The Morgan fingerprint density at radius 3 is 2.77 bits per heavy atom. The summed E-state index contributed by atoms with van der Waals surface area (Å²) in [6.07, 6.45) is 10.5. The molecule has 0 bridgehead atoms. The van der Waals surface area contributed by atoms with Gasteiger partial charge in [-0.2, -0.15) is 0 Å². The van der Waals surface area contributed by atoms with Crippen LogP contribution >= 0.6 is 0 Å². The Balaban J connectivity index is 1.93. The fourth-order valence-corrected chi connectivity index (χ4v) is 2.03. The third-order valence-electron chi connectivity index (χ3n) is 2.71. The first-order chi connectivity index (χ1) is 6.34. The number of hydrogen-bond acceptors (Lipinski definition) is 1. The molecule has 0 amide bonds. The lowest BCUT2D eigenvalue weighted by Crippen LogP contribution is -2.21. The van der Waals surface area contributed by atoms with Crippen LogP contribution < -0.4 is 0 Å². The standard InChI is InChI=1S/C12H17N/c1-11-5-4-6-12(9-11)10-13-7-2-3-8-13/h4,6,9H,1-3,5,7-8,10H2. The van der Waals surface area contributed by atoms with Gasteiger partial charge >= 0.3 is 0 Å². The summed E-state index contributed by atoms with van der Waals surface area (Å²) < 4.78 is 0. The van der Waals surface area contributed by atoms with Gasteiger partial charge < -0.3 is 0 Å². The Bertz CT molecular complexity index is 254. The highest BCUT2D eigenvalue weighted by atomic mass is 15.1. The summed E-state index contributed by atoms with van der Waals surface area (Å²) >= 11 is 0. The van der Waals surface area contributed by atoms with E-state index in [1.807, 2.05) is 0 Å². The van der Waals surface area contributed by atoms with Crippen LogP contribution in [-0.4, -0.2) is 24.5 Å². The molecule has 1 heterocycles. The molecule has 0 saturated carbocycles. The fourth-order valence-electron chi connectivity index (χ4n) is 2.03. The zero-order chi connectivity index (χ0) is 9.10. The molecular formula is C12H17N. The van der Waals surface area contributed by atoms with Gasteiger partial charge in [-0.25, -0.2) is 0 Å². The van der Waals surface area contributed by atoms with Crippen LogP contribution in [0.3, 0.4) is 0 Å². The van der Waals surface area contributed by atoms with E-state index in [2.05, 4.69) is 29.7 Å². The van der Waals surface area contributed by atoms with Crippen LogP contribution in [0.2, 0.25) is 0 Å². The third kappa shape index (κ3) is 2.31. The van der Waals surface area contributed by atoms with E-state index in [9.17, 15) is 0 Å². The van der Waals surface area contributed by atoms with E-state index in [0.29, 0.717) is 0 Å². The SMILES string of the molecule is C=C1C=C(CN2CCCC2)C=CC1. The van der Waals surface area contributed by atoms with Crippen molar-refractivity contribution in [2.75, 3.05) is 19.6 Å². The van der Waals surface area contributed by atoms with Gasteiger partial charge in [-0.15, -0.1) is 0 Å². The molecule has 0 atom stereocenters. The summed E-state index contributed by atoms with van der Waals surface area (Å²) in [6.45, 7) is 7.66. The zero-order valence-corrected chi connectivity index (χ0v) is 8.13. The van der Waals surface area contributed by atoms with Crippen molar-refractivity contribution in [2.45, 2.75) is 19.3 Å². The highest BCUT2D eigenvalue weighted by molar-refractivity contribution is 5.35. The molecule has 0 N–H and O–H groups in total. The fraction of sp³-hybridized carbons (Fsp3) is 0.500. The van der Waals surface area contributed by atoms with Gasteiger partial charge in [0.25, 0.3) is 0 Å². The maximum atomic E-state index is 3.99. The van der Waals surface area contributed by atoms with Crippen molar-refractivity contribution in [2.24, 2.45) is 0 Å². The summed E-state index contributed by atoms with van der Waals surface area (Å²) in [4.78, 5) is 2.52. The smallest absolute Gasteiger partial charge is 0.0233 e. The quantitative estimate of drug-likeness (QED) is 0.623. The molecular weight excluding hydrogens is 158 g/mol. The van der Waals surface area contributed by atoms with E-state index < -0.39 is 0 Å². The minimum Gasteiger partial charge on any atom is -0.299 e. The lowest BCUT2D eigenvalue weighted by Gasteiger charge is -2.17. The summed E-state index contributed by atoms with van der Waals surface area (Å²) in [5, 5.41) is 0. The Kier molecular flexibility index (Phi) is 2.65.